The van der Waals surface area contributed by atoms with Crippen molar-refractivity contribution in [2.24, 2.45) is 0 Å². The lowest BCUT2D eigenvalue weighted by molar-refractivity contribution is 1.10. The fourth-order valence-corrected chi connectivity index (χ4v) is 1.20. The second-order valence-electron chi connectivity index (χ2n) is 2.78. The third-order valence-corrected chi connectivity index (χ3v) is 1.78. The van der Waals surface area contributed by atoms with Crippen molar-refractivity contribution < 1.29 is 0 Å². The molecule has 4 N–H and O–H groups in total. The number of fused-ring (bicyclic) bond motifs is 1. The lowest BCUT2D eigenvalue weighted by Crippen LogP contribution is -2.00. The Balaban J connectivity index is 2.94. The van der Waals surface area contributed by atoms with Crippen molar-refractivity contribution in [2.45, 2.75) is 6.92 Å². The molecule has 0 bridgehead atoms. The molecule has 66 valence electrons. The number of nitrogen functional groups attached to an aromatic ring is 2. The van der Waals surface area contributed by atoms with Crippen LogP contribution in [0.5, 0.6) is 0 Å². The van der Waals surface area contributed by atoms with Gasteiger partial charge in [0.25, 0.3) is 0 Å². The van der Waals surface area contributed by atoms with Crippen LogP contribution >= 0.6 is 0 Å². The molecule has 0 fully saturated rings. The minimum atomic E-state index is 0.419. The largest absolute Gasteiger partial charge is 0.396 e. The average Bonchev–Trinajstić information content (AvgIpc) is 2.07. The molecule has 2 aromatic heterocycles. The van der Waals surface area contributed by atoms with Gasteiger partial charge < -0.3 is 11.5 Å². The van der Waals surface area contributed by atoms with Gasteiger partial charge in [-0.3, -0.25) is 4.98 Å². The lowest BCUT2D eigenvalue weighted by Gasteiger charge is -2.03. The van der Waals surface area contributed by atoms with E-state index in [0.717, 1.165) is 0 Å². The second-order valence-corrected chi connectivity index (χ2v) is 2.78. The van der Waals surface area contributed by atoms with E-state index in [9.17, 15) is 0 Å². The summed E-state index contributed by atoms with van der Waals surface area (Å²) in [5, 5.41) is 0.700. The summed E-state index contributed by atoms with van der Waals surface area (Å²) in [5.41, 5.74) is 12.6. The first-order valence-corrected chi connectivity index (χ1v) is 3.82. The van der Waals surface area contributed by atoms with Crippen LogP contribution in [0.4, 0.5) is 11.5 Å². The fraction of sp³-hybridized carbons (Fsp3) is 0.125. The van der Waals surface area contributed by atoms with Crippen LogP contribution in [0.3, 0.4) is 0 Å². The van der Waals surface area contributed by atoms with Gasteiger partial charge in [-0.05, 0) is 6.92 Å². The molecule has 13 heavy (non-hydrogen) atoms. The molecule has 0 saturated heterocycles. The van der Waals surface area contributed by atoms with Crippen LogP contribution in [0.15, 0.2) is 12.4 Å². The van der Waals surface area contributed by atoms with E-state index < -0.39 is 0 Å². The third-order valence-electron chi connectivity index (χ3n) is 1.78. The Labute approximate surface area is 74.8 Å². The van der Waals surface area contributed by atoms with Gasteiger partial charge in [-0.25, -0.2) is 9.97 Å². The number of aromatic nitrogens is 3. The van der Waals surface area contributed by atoms with Gasteiger partial charge in [0.05, 0.1) is 17.3 Å². The van der Waals surface area contributed by atoms with E-state index >= 15 is 0 Å². The predicted octanol–water partition coefficient (Wildman–Crippen LogP) is 0.498. The smallest absolute Gasteiger partial charge is 0.136 e. The number of anilines is 2. The first-order chi connectivity index (χ1) is 6.18. The number of nitrogens with two attached hydrogens (primary N) is 2. The molecule has 0 unspecified atom stereocenters. The lowest BCUT2D eigenvalue weighted by atomic mass is 10.2. The first kappa shape index (κ1) is 7.72. The summed E-state index contributed by atoms with van der Waals surface area (Å²) in [4.78, 5) is 12.1. The van der Waals surface area contributed by atoms with Gasteiger partial charge in [-0.2, -0.15) is 0 Å². The zero-order chi connectivity index (χ0) is 9.42. The summed E-state index contributed by atoms with van der Waals surface area (Å²) >= 11 is 0. The number of nitrogens with zero attached hydrogens (tertiary/aromatic N) is 3. The molecule has 0 aliphatic heterocycles. The molecule has 0 spiro atoms. The van der Waals surface area contributed by atoms with Crippen LogP contribution in [0.25, 0.3) is 10.9 Å². The van der Waals surface area contributed by atoms with Crippen LogP contribution in [0.2, 0.25) is 0 Å². The van der Waals surface area contributed by atoms with Crippen molar-refractivity contribution in [3.05, 3.63) is 18.2 Å². The quantitative estimate of drug-likeness (QED) is 0.608. The molecule has 5 nitrogen and oxygen atoms in total. The van der Waals surface area contributed by atoms with Crippen molar-refractivity contribution >= 4 is 22.4 Å². The maximum absolute atomic E-state index is 5.69. The Morgan fingerprint density at radius 3 is 2.69 bits per heavy atom. The van der Waals surface area contributed by atoms with E-state index in [-0.39, 0.29) is 0 Å². The van der Waals surface area contributed by atoms with Gasteiger partial charge >= 0.3 is 0 Å². The monoisotopic (exact) mass is 175 g/mol. The molecular formula is C8H9N5. The summed E-state index contributed by atoms with van der Waals surface area (Å²) in [6, 6.07) is 0. The standard InChI is InChI=1S/C8H9N5/c1-4-12-7-5(8(10)13-4)2-11-3-6(7)9/h2-3H,9H2,1H3,(H2,10,12,13). The van der Waals surface area contributed by atoms with Gasteiger partial charge in [0.1, 0.15) is 17.2 Å². The molecule has 0 aromatic carbocycles. The van der Waals surface area contributed by atoms with E-state index in [1.54, 1.807) is 19.3 Å². The predicted molar refractivity (Wildman–Crippen MR) is 50.9 cm³/mol. The van der Waals surface area contributed by atoms with Gasteiger partial charge in [0, 0.05) is 6.20 Å². The Bertz CT molecular complexity index is 465. The normalized spacial score (nSPS) is 10.5. The number of pyridine rings is 1. The molecule has 0 aliphatic carbocycles. The SMILES string of the molecule is Cc1nc(N)c2cncc(N)c2n1. The van der Waals surface area contributed by atoms with Crippen molar-refractivity contribution in [2.75, 3.05) is 11.5 Å². The van der Waals surface area contributed by atoms with Crippen molar-refractivity contribution in [1.29, 1.82) is 0 Å². The molecule has 0 saturated carbocycles. The van der Waals surface area contributed by atoms with Crippen molar-refractivity contribution in [3.8, 4) is 0 Å². The van der Waals surface area contributed by atoms with Crippen molar-refractivity contribution in [3.63, 3.8) is 0 Å². The number of hydrogen-bond acceptors (Lipinski definition) is 5. The number of rotatable bonds is 0. The molecule has 0 amide bonds. The summed E-state index contributed by atoms with van der Waals surface area (Å²) in [6.07, 6.45) is 3.16. The summed E-state index contributed by atoms with van der Waals surface area (Å²) in [5.74, 6) is 1.03. The molecule has 0 radical (unpaired) electrons. The van der Waals surface area contributed by atoms with Crippen LogP contribution in [-0.2, 0) is 0 Å². The van der Waals surface area contributed by atoms with Crippen LogP contribution in [0.1, 0.15) is 5.82 Å². The average molecular weight is 175 g/mol. The highest BCUT2D eigenvalue weighted by molar-refractivity contribution is 5.94. The van der Waals surface area contributed by atoms with E-state index in [0.29, 0.717) is 28.2 Å². The van der Waals surface area contributed by atoms with E-state index in [2.05, 4.69) is 15.0 Å². The van der Waals surface area contributed by atoms with Crippen LogP contribution < -0.4 is 11.5 Å². The molecule has 0 aliphatic rings. The maximum atomic E-state index is 5.69. The number of hydrogen-bond donors (Lipinski definition) is 2. The fourth-order valence-electron chi connectivity index (χ4n) is 1.20. The highest BCUT2D eigenvalue weighted by Crippen LogP contribution is 2.20. The first-order valence-electron chi connectivity index (χ1n) is 3.82. The molecular weight excluding hydrogens is 166 g/mol. The Kier molecular flexibility index (Phi) is 1.51. The Hall–Kier alpha value is -1.91. The summed E-state index contributed by atoms with van der Waals surface area (Å²) in [6.45, 7) is 1.77. The molecule has 2 heterocycles. The highest BCUT2D eigenvalue weighted by Gasteiger charge is 2.04. The van der Waals surface area contributed by atoms with Crippen molar-refractivity contribution in [1.82, 2.24) is 15.0 Å². The van der Waals surface area contributed by atoms with Crippen LogP contribution in [-0.4, -0.2) is 15.0 Å². The Morgan fingerprint density at radius 2 is 1.92 bits per heavy atom. The van der Waals surface area contributed by atoms with E-state index in [1.807, 2.05) is 0 Å². The minimum Gasteiger partial charge on any atom is -0.396 e. The van der Waals surface area contributed by atoms with Gasteiger partial charge in [0.2, 0.25) is 0 Å². The Morgan fingerprint density at radius 1 is 1.15 bits per heavy atom. The molecule has 2 rings (SSSR count). The minimum absolute atomic E-state index is 0.419. The molecule has 0 atom stereocenters. The van der Waals surface area contributed by atoms with Gasteiger partial charge in [0.15, 0.2) is 0 Å². The third kappa shape index (κ3) is 1.14. The molecule has 5 heteroatoms. The molecule has 2 aromatic rings. The number of aryl methyl sites for hydroxylation is 1. The summed E-state index contributed by atoms with van der Waals surface area (Å²) < 4.78 is 0. The van der Waals surface area contributed by atoms with Gasteiger partial charge in [-0.15, -0.1) is 0 Å². The topological polar surface area (TPSA) is 90.7 Å². The zero-order valence-corrected chi connectivity index (χ0v) is 7.15. The second kappa shape index (κ2) is 2.55. The van der Waals surface area contributed by atoms with Crippen LogP contribution in [0, 0.1) is 6.92 Å². The van der Waals surface area contributed by atoms with E-state index in [1.165, 1.54) is 0 Å². The summed E-state index contributed by atoms with van der Waals surface area (Å²) in [7, 11) is 0. The zero-order valence-electron chi connectivity index (χ0n) is 7.15. The highest BCUT2D eigenvalue weighted by atomic mass is 15.0. The maximum Gasteiger partial charge on any atom is 0.136 e. The van der Waals surface area contributed by atoms with Gasteiger partial charge in [-0.1, -0.05) is 0 Å². The van der Waals surface area contributed by atoms with E-state index in [4.69, 9.17) is 11.5 Å².